The van der Waals surface area contributed by atoms with Gasteiger partial charge < -0.3 is 14.7 Å². The van der Waals surface area contributed by atoms with Gasteiger partial charge in [-0.2, -0.15) is 0 Å². The zero-order chi connectivity index (χ0) is 16.1. The first kappa shape index (κ1) is 20.5. The van der Waals surface area contributed by atoms with E-state index in [9.17, 15) is 5.11 Å². The van der Waals surface area contributed by atoms with E-state index in [1.165, 1.54) is 11.3 Å². The number of β-amino-alcohol motifs (C(OH)–C–C–N with tert-alkyl or cyclic N) is 1. The molecule has 1 saturated heterocycles. The molecule has 1 heterocycles. The molecule has 132 valence electrons. The Balaban J connectivity index is 0.00000264. The van der Waals surface area contributed by atoms with Crippen LogP contribution >= 0.6 is 24.0 Å². The molecule has 0 radical (unpaired) electrons. The van der Waals surface area contributed by atoms with Crippen LogP contribution in [0.2, 0.25) is 5.02 Å². The van der Waals surface area contributed by atoms with Gasteiger partial charge in [-0.05, 0) is 38.5 Å². The second-order valence-electron chi connectivity index (χ2n) is 6.25. The average molecular weight is 363 g/mol. The molecule has 1 fully saturated rings. The van der Waals surface area contributed by atoms with E-state index < -0.39 is 6.10 Å². The Bertz CT molecular complexity index is 478. The van der Waals surface area contributed by atoms with Crippen LogP contribution in [0.4, 0.5) is 5.69 Å². The Morgan fingerprint density at radius 1 is 1.22 bits per heavy atom. The standard InChI is InChI=1S/C17H27ClN2O2.ClH/c1-13(2)22-12-16(21)11-19-6-8-20(9-7-19)17-10-15(18)5-4-14(17)3;/h4-5,10,13,16,21H,6-9,11-12H2,1-3H3;1H. The number of hydrogen-bond acceptors (Lipinski definition) is 4. The molecule has 0 bridgehead atoms. The van der Waals surface area contributed by atoms with Gasteiger partial charge >= 0.3 is 0 Å². The first-order valence-electron chi connectivity index (χ1n) is 7.99. The first-order chi connectivity index (χ1) is 10.5. The summed E-state index contributed by atoms with van der Waals surface area (Å²) in [6.45, 7) is 11.0. The van der Waals surface area contributed by atoms with Gasteiger partial charge in [-0.3, -0.25) is 4.90 Å². The highest BCUT2D eigenvalue weighted by Crippen LogP contribution is 2.25. The van der Waals surface area contributed by atoms with Crippen LogP contribution in [0.25, 0.3) is 0 Å². The van der Waals surface area contributed by atoms with Crippen molar-refractivity contribution in [1.29, 1.82) is 0 Å². The number of nitrogens with zero attached hydrogens (tertiary/aromatic N) is 2. The molecule has 23 heavy (non-hydrogen) atoms. The quantitative estimate of drug-likeness (QED) is 0.843. The first-order valence-corrected chi connectivity index (χ1v) is 8.36. The number of halogens is 2. The van der Waals surface area contributed by atoms with Crippen molar-refractivity contribution in [3.05, 3.63) is 28.8 Å². The fraction of sp³-hybridized carbons (Fsp3) is 0.647. The summed E-state index contributed by atoms with van der Waals surface area (Å²) in [5.41, 5.74) is 2.47. The molecule has 1 N–H and O–H groups in total. The number of aryl methyl sites for hydroxylation is 1. The SMILES string of the molecule is Cc1ccc(Cl)cc1N1CCN(CC(O)COC(C)C)CC1.Cl. The normalized spacial score (nSPS) is 17.2. The minimum atomic E-state index is -0.415. The minimum absolute atomic E-state index is 0. The third kappa shape index (κ3) is 6.48. The largest absolute Gasteiger partial charge is 0.389 e. The molecular formula is C17H28Cl2N2O2. The van der Waals surface area contributed by atoms with Crippen molar-refractivity contribution in [1.82, 2.24) is 4.90 Å². The number of piperazine rings is 1. The average Bonchev–Trinajstić information content (AvgIpc) is 2.48. The third-order valence-electron chi connectivity index (χ3n) is 3.98. The summed E-state index contributed by atoms with van der Waals surface area (Å²) >= 11 is 6.11. The molecular weight excluding hydrogens is 335 g/mol. The molecule has 4 nitrogen and oxygen atoms in total. The molecule has 0 aromatic heterocycles. The van der Waals surface area contributed by atoms with Crippen molar-refractivity contribution < 1.29 is 9.84 Å². The molecule has 0 amide bonds. The molecule has 1 aromatic rings. The molecule has 1 aromatic carbocycles. The monoisotopic (exact) mass is 362 g/mol. The van der Waals surface area contributed by atoms with Crippen molar-refractivity contribution >= 4 is 29.7 Å². The van der Waals surface area contributed by atoms with E-state index in [4.69, 9.17) is 16.3 Å². The van der Waals surface area contributed by atoms with Gasteiger partial charge in [0.25, 0.3) is 0 Å². The summed E-state index contributed by atoms with van der Waals surface area (Å²) < 4.78 is 5.46. The highest BCUT2D eigenvalue weighted by atomic mass is 35.5. The second-order valence-corrected chi connectivity index (χ2v) is 6.69. The minimum Gasteiger partial charge on any atom is -0.389 e. The number of aliphatic hydroxyl groups is 1. The van der Waals surface area contributed by atoms with Crippen LogP contribution in [0.15, 0.2) is 18.2 Å². The van der Waals surface area contributed by atoms with Crippen LogP contribution in [-0.2, 0) is 4.74 Å². The number of anilines is 1. The predicted octanol–water partition coefficient (Wildman–Crippen LogP) is 2.98. The van der Waals surface area contributed by atoms with Crippen LogP contribution in [0.5, 0.6) is 0 Å². The lowest BCUT2D eigenvalue weighted by atomic mass is 10.1. The lowest BCUT2D eigenvalue weighted by Crippen LogP contribution is -2.49. The molecule has 6 heteroatoms. The van der Waals surface area contributed by atoms with Crippen molar-refractivity contribution in [2.75, 3.05) is 44.2 Å². The fourth-order valence-corrected chi connectivity index (χ4v) is 2.92. The number of hydrogen-bond donors (Lipinski definition) is 1. The molecule has 1 aliphatic heterocycles. The Morgan fingerprint density at radius 2 is 1.87 bits per heavy atom. The van der Waals surface area contributed by atoms with Crippen molar-refractivity contribution in [2.45, 2.75) is 33.0 Å². The second kappa shape index (κ2) is 9.70. The van der Waals surface area contributed by atoms with E-state index in [0.717, 1.165) is 31.2 Å². The van der Waals surface area contributed by atoms with Gasteiger partial charge in [0.05, 0.1) is 18.8 Å². The van der Waals surface area contributed by atoms with Gasteiger partial charge in [0.15, 0.2) is 0 Å². The van der Waals surface area contributed by atoms with Crippen LogP contribution in [0, 0.1) is 6.92 Å². The maximum Gasteiger partial charge on any atom is 0.0900 e. The topological polar surface area (TPSA) is 35.9 Å². The summed E-state index contributed by atoms with van der Waals surface area (Å²) in [5.74, 6) is 0. The Labute approximate surface area is 150 Å². The van der Waals surface area contributed by atoms with Crippen molar-refractivity contribution in [3.63, 3.8) is 0 Å². The van der Waals surface area contributed by atoms with Crippen molar-refractivity contribution in [3.8, 4) is 0 Å². The lowest BCUT2D eigenvalue weighted by molar-refractivity contribution is -0.00899. The summed E-state index contributed by atoms with van der Waals surface area (Å²) in [4.78, 5) is 4.67. The molecule has 1 aliphatic rings. The van der Waals surface area contributed by atoms with E-state index in [1.54, 1.807) is 0 Å². The maximum absolute atomic E-state index is 10.0. The zero-order valence-electron chi connectivity index (χ0n) is 14.2. The summed E-state index contributed by atoms with van der Waals surface area (Å²) in [7, 11) is 0. The molecule has 0 saturated carbocycles. The highest BCUT2D eigenvalue weighted by Gasteiger charge is 2.20. The molecule has 0 spiro atoms. The van der Waals surface area contributed by atoms with Crippen LogP contribution in [0.3, 0.4) is 0 Å². The van der Waals surface area contributed by atoms with Gasteiger partial charge in [0.2, 0.25) is 0 Å². The van der Waals surface area contributed by atoms with Crippen LogP contribution < -0.4 is 4.90 Å². The van der Waals surface area contributed by atoms with E-state index in [1.807, 2.05) is 26.0 Å². The Morgan fingerprint density at radius 3 is 2.48 bits per heavy atom. The summed E-state index contributed by atoms with van der Waals surface area (Å²) in [6, 6.07) is 6.04. The van der Waals surface area contributed by atoms with Gasteiger partial charge in [-0.25, -0.2) is 0 Å². The number of ether oxygens (including phenoxy) is 1. The Hall–Kier alpha value is -0.520. The predicted molar refractivity (Wildman–Crippen MR) is 99.2 cm³/mol. The maximum atomic E-state index is 10.0. The van der Waals surface area contributed by atoms with Gasteiger partial charge in [-0.15, -0.1) is 12.4 Å². The molecule has 0 aliphatic carbocycles. The zero-order valence-corrected chi connectivity index (χ0v) is 15.7. The van der Waals surface area contributed by atoms with Crippen molar-refractivity contribution in [2.24, 2.45) is 0 Å². The highest BCUT2D eigenvalue weighted by molar-refractivity contribution is 6.30. The smallest absolute Gasteiger partial charge is 0.0900 e. The summed E-state index contributed by atoms with van der Waals surface area (Å²) in [5, 5.41) is 10.8. The number of rotatable bonds is 6. The number of aliphatic hydroxyl groups excluding tert-OH is 1. The van der Waals surface area contributed by atoms with E-state index >= 15 is 0 Å². The third-order valence-corrected chi connectivity index (χ3v) is 4.21. The summed E-state index contributed by atoms with van der Waals surface area (Å²) in [6.07, 6.45) is -0.251. The van der Waals surface area contributed by atoms with Gasteiger partial charge in [-0.1, -0.05) is 17.7 Å². The number of benzene rings is 1. The Kier molecular flexibility index (Phi) is 8.65. The molecule has 2 rings (SSSR count). The molecule has 1 atom stereocenters. The van der Waals surface area contributed by atoms with Crippen LogP contribution in [-0.4, -0.2) is 61.5 Å². The fourth-order valence-electron chi connectivity index (χ4n) is 2.75. The van der Waals surface area contributed by atoms with Gasteiger partial charge in [0.1, 0.15) is 0 Å². The van der Waals surface area contributed by atoms with Gasteiger partial charge in [0, 0.05) is 43.4 Å². The lowest BCUT2D eigenvalue weighted by Gasteiger charge is -2.37. The van der Waals surface area contributed by atoms with Crippen LogP contribution in [0.1, 0.15) is 19.4 Å². The van der Waals surface area contributed by atoms with E-state index in [0.29, 0.717) is 13.2 Å². The molecule has 1 unspecified atom stereocenters. The van der Waals surface area contributed by atoms with E-state index in [-0.39, 0.29) is 18.5 Å². The van der Waals surface area contributed by atoms with E-state index in [2.05, 4.69) is 22.8 Å².